The Labute approximate surface area is 193 Å². The maximum atomic E-state index is 12.1. The molecule has 4 nitrogen and oxygen atoms in total. The van der Waals surface area contributed by atoms with Crippen LogP contribution in [0.25, 0.3) is 0 Å². The molecule has 0 aliphatic carbocycles. The van der Waals surface area contributed by atoms with Crippen LogP contribution in [0, 0.1) is 11.3 Å². The van der Waals surface area contributed by atoms with Gasteiger partial charge in [0.25, 0.3) is 0 Å². The summed E-state index contributed by atoms with van der Waals surface area (Å²) in [5.74, 6) is -0.120. The van der Waals surface area contributed by atoms with E-state index >= 15 is 0 Å². The van der Waals surface area contributed by atoms with Crippen LogP contribution in [-0.2, 0) is 19.1 Å². The number of hydrogen-bond donors (Lipinski definition) is 0. The number of rotatable bonds is 20. The van der Waals surface area contributed by atoms with Gasteiger partial charge in [-0.1, -0.05) is 98.8 Å². The summed E-state index contributed by atoms with van der Waals surface area (Å²) in [4.78, 5) is 24.2. The Kier molecular flexibility index (Phi) is 18.9. The van der Waals surface area contributed by atoms with Crippen LogP contribution in [0.2, 0.25) is 0 Å². The SMILES string of the molecule is CCCCCCCC(=O)OCC(CCCCC(C)(C)C)COC(=O)CCCCCCC. The Morgan fingerprint density at radius 3 is 1.52 bits per heavy atom. The van der Waals surface area contributed by atoms with Gasteiger partial charge in [-0.2, -0.15) is 0 Å². The summed E-state index contributed by atoms with van der Waals surface area (Å²) in [6.07, 6.45) is 16.6. The normalized spacial score (nSPS) is 11.7. The highest BCUT2D eigenvalue weighted by Crippen LogP contribution is 2.23. The molecule has 31 heavy (non-hydrogen) atoms. The summed E-state index contributed by atoms with van der Waals surface area (Å²) in [5.41, 5.74) is 0.337. The highest BCUT2D eigenvalue weighted by Gasteiger charge is 2.16. The summed E-state index contributed by atoms with van der Waals surface area (Å²) in [6, 6.07) is 0. The predicted molar refractivity (Wildman–Crippen MR) is 130 cm³/mol. The van der Waals surface area contributed by atoms with Crippen molar-refractivity contribution in [3.8, 4) is 0 Å². The molecule has 0 aliphatic heterocycles. The maximum absolute atomic E-state index is 12.1. The predicted octanol–water partition coefficient (Wildman–Crippen LogP) is 8.02. The zero-order valence-corrected chi connectivity index (χ0v) is 21.4. The average molecular weight is 441 g/mol. The second kappa shape index (κ2) is 19.6. The maximum Gasteiger partial charge on any atom is 0.305 e. The third-order valence-electron chi connectivity index (χ3n) is 5.72. The second-order valence-electron chi connectivity index (χ2n) is 10.4. The summed E-state index contributed by atoms with van der Waals surface area (Å²) in [5, 5.41) is 0. The molecule has 0 fully saturated rings. The van der Waals surface area contributed by atoms with Gasteiger partial charge in [0, 0.05) is 18.8 Å². The minimum absolute atomic E-state index is 0.105. The van der Waals surface area contributed by atoms with Crippen LogP contribution in [0.15, 0.2) is 0 Å². The van der Waals surface area contributed by atoms with E-state index in [1.807, 2.05) is 0 Å². The molecular formula is C27H52O4. The first-order chi connectivity index (χ1) is 14.8. The first kappa shape index (κ1) is 29.9. The molecule has 0 aliphatic rings. The molecule has 0 saturated heterocycles. The lowest BCUT2D eigenvalue weighted by Crippen LogP contribution is -2.21. The molecule has 0 atom stereocenters. The van der Waals surface area contributed by atoms with E-state index in [0.717, 1.165) is 44.9 Å². The molecule has 0 unspecified atom stereocenters. The fraction of sp³-hybridized carbons (Fsp3) is 0.926. The molecule has 184 valence electrons. The summed E-state index contributed by atoms with van der Waals surface area (Å²) < 4.78 is 11.1. The van der Waals surface area contributed by atoms with Gasteiger partial charge < -0.3 is 9.47 Å². The minimum atomic E-state index is -0.113. The summed E-state index contributed by atoms with van der Waals surface area (Å²) >= 11 is 0. The van der Waals surface area contributed by atoms with Gasteiger partial charge >= 0.3 is 11.9 Å². The number of esters is 2. The lowest BCUT2D eigenvalue weighted by Gasteiger charge is -2.20. The van der Waals surface area contributed by atoms with E-state index in [-0.39, 0.29) is 17.9 Å². The van der Waals surface area contributed by atoms with Gasteiger partial charge in [-0.05, 0) is 31.1 Å². The Morgan fingerprint density at radius 1 is 0.645 bits per heavy atom. The Hall–Kier alpha value is -1.06. The minimum Gasteiger partial charge on any atom is -0.465 e. The van der Waals surface area contributed by atoms with Crippen molar-refractivity contribution in [3.63, 3.8) is 0 Å². The van der Waals surface area contributed by atoms with Gasteiger partial charge in [-0.25, -0.2) is 0 Å². The van der Waals surface area contributed by atoms with Gasteiger partial charge in [0.2, 0.25) is 0 Å². The van der Waals surface area contributed by atoms with Crippen LogP contribution in [0.4, 0.5) is 0 Å². The molecule has 0 aromatic heterocycles. The van der Waals surface area contributed by atoms with Crippen LogP contribution in [-0.4, -0.2) is 25.2 Å². The van der Waals surface area contributed by atoms with Crippen LogP contribution in [0.1, 0.15) is 137 Å². The number of carbonyl (C=O) groups is 2. The molecule has 0 radical (unpaired) electrons. The van der Waals surface area contributed by atoms with E-state index in [2.05, 4.69) is 34.6 Å². The first-order valence-corrected chi connectivity index (χ1v) is 13.1. The molecule has 0 aromatic rings. The highest BCUT2D eigenvalue weighted by atomic mass is 16.5. The van der Waals surface area contributed by atoms with E-state index < -0.39 is 0 Å². The Morgan fingerprint density at radius 2 is 1.10 bits per heavy atom. The van der Waals surface area contributed by atoms with Crippen molar-refractivity contribution in [2.45, 2.75) is 137 Å². The number of hydrogen-bond acceptors (Lipinski definition) is 4. The monoisotopic (exact) mass is 440 g/mol. The van der Waals surface area contributed by atoms with Crippen LogP contribution in [0.3, 0.4) is 0 Å². The van der Waals surface area contributed by atoms with Crippen molar-refractivity contribution in [1.29, 1.82) is 0 Å². The van der Waals surface area contributed by atoms with Gasteiger partial charge in [-0.3, -0.25) is 9.59 Å². The van der Waals surface area contributed by atoms with Crippen molar-refractivity contribution >= 4 is 11.9 Å². The average Bonchev–Trinajstić information content (AvgIpc) is 2.71. The van der Waals surface area contributed by atoms with Crippen LogP contribution in [0.5, 0.6) is 0 Å². The first-order valence-electron chi connectivity index (χ1n) is 13.1. The van der Waals surface area contributed by atoms with E-state index in [1.165, 1.54) is 44.9 Å². The molecular weight excluding hydrogens is 388 g/mol. The van der Waals surface area contributed by atoms with E-state index in [0.29, 0.717) is 31.5 Å². The zero-order valence-electron chi connectivity index (χ0n) is 21.4. The fourth-order valence-corrected chi connectivity index (χ4v) is 3.61. The molecule has 4 heteroatoms. The van der Waals surface area contributed by atoms with Crippen molar-refractivity contribution in [2.75, 3.05) is 13.2 Å². The highest BCUT2D eigenvalue weighted by molar-refractivity contribution is 5.69. The smallest absolute Gasteiger partial charge is 0.305 e. The standard InChI is InChI=1S/C27H52O4/c1-6-8-10-12-14-19-25(28)30-22-24(18-16-17-21-27(3,4)5)23-31-26(29)20-15-13-11-9-7-2/h24H,6-23H2,1-5H3. The number of ether oxygens (including phenoxy) is 2. The van der Waals surface area contributed by atoms with Gasteiger partial charge in [0.1, 0.15) is 0 Å². The summed E-state index contributed by atoms with van der Waals surface area (Å²) in [7, 11) is 0. The summed E-state index contributed by atoms with van der Waals surface area (Å²) in [6.45, 7) is 11.9. The number of unbranched alkanes of at least 4 members (excludes halogenated alkanes) is 9. The largest absolute Gasteiger partial charge is 0.465 e. The Balaban J connectivity index is 4.25. The fourth-order valence-electron chi connectivity index (χ4n) is 3.61. The van der Waals surface area contributed by atoms with Crippen LogP contribution < -0.4 is 0 Å². The lowest BCUT2D eigenvalue weighted by atomic mass is 9.88. The quantitative estimate of drug-likeness (QED) is 0.142. The lowest BCUT2D eigenvalue weighted by molar-refractivity contribution is -0.149. The second-order valence-corrected chi connectivity index (χ2v) is 10.4. The van der Waals surface area contributed by atoms with E-state index in [9.17, 15) is 9.59 Å². The molecule has 0 heterocycles. The van der Waals surface area contributed by atoms with Gasteiger partial charge in [0.05, 0.1) is 13.2 Å². The third kappa shape index (κ3) is 21.9. The molecule has 0 spiro atoms. The van der Waals surface area contributed by atoms with Crippen molar-refractivity contribution in [2.24, 2.45) is 11.3 Å². The zero-order chi connectivity index (χ0) is 23.4. The van der Waals surface area contributed by atoms with Crippen molar-refractivity contribution < 1.29 is 19.1 Å². The number of carbonyl (C=O) groups excluding carboxylic acids is 2. The van der Waals surface area contributed by atoms with Crippen molar-refractivity contribution in [1.82, 2.24) is 0 Å². The third-order valence-corrected chi connectivity index (χ3v) is 5.72. The Bertz CT molecular complexity index is 409. The van der Waals surface area contributed by atoms with Gasteiger partial charge in [-0.15, -0.1) is 0 Å². The van der Waals surface area contributed by atoms with Gasteiger partial charge in [0.15, 0.2) is 0 Å². The topological polar surface area (TPSA) is 52.6 Å². The molecule has 0 N–H and O–H groups in total. The van der Waals surface area contributed by atoms with E-state index in [4.69, 9.17) is 9.47 Å². The van der Waals surface area contributed by atoms with Crippen LogP contribution >= 0.6 is 0 Å². The van der Waals surface area contributed by atoms with Crippen molar-refractivity contribution in [3.05, 3.63) is 0 Å². The molecule has 0 amide bonds. The molecule has 0 bridgehead atoms. The molecule has 0 aromatic carbocycles. The molecule has 0 saturated carbocycles. The van der Waals surface area contributed by atoms with E-state index in [1.54, 1.807) is 0 Å². The molecule has 0 rings (SSSR count).